The number of hydrogen-bond acceptors (Lipinski definition) is 3. The highest BCUT2D eigenvalue weighted by Crippen LogP contribution is 2.65. The zero-order chi connectivity index (χ0) is 38.2. The van der Waals surface area contributed by atoms with Crippen molar-refractivity contribution in [1.29, 1.82) is 0 Å². The molecule has 0 saturated carbocycles. The van der Waals surface area contributed by atoms with Crippen LogP contribution in [0.25, 0.3) is 21.9 Å². The van der Waals surface area contributed by atoms with Crippen LogP contribution < -0.4 is 15.1 Å². The molecule has 6 atom stereocenters. The Morgan fingerprint density at radius 2 is 1.33 bits per heavy atom. The number of nitrogens with zero attached hydrogens (tertiary/aromatic N) is 2. The highest BCUT2D eigenvalue weighted by molar-refractivity contribution is 6.10. The normalized spacial score (nSPS) is 25.9. The molecule has 1 fully saturated rings. The van der Waals surface area contributed by atoms with E-state index in [2.05, 4.69) is 215 Å². The predicted molar refractivity (Wildman–Crippen MR) is 241 cm³/mol. The molecule has 0 bridgehead atoms. The van der Waals surface area contributed by atoms with Crippen LogP contribution in [0.15, 0.2) is 206 Å². The fourth-order valence-electron chi connectivity index (χ4n) is 11.4. The topological polar surface area (TPSA) is 18.5 Å². The van der Waals surface area contributed by atoms with E-state index < -0.39 is 0 Å². The molecule has 12 rings (SSSR count). The minimum atomic E-state index is -0.345. The van der Waals surface area contributed by atoms with Gasteiger partial charge in [0.15, 0.2) is 0 Å². The SMILES string of the molecule is C1=CCC(C2(c3ccccc3)c3ccccc3-c3c4c(c5ccccc5c32)N(c2ccc(N3C(C5=CCCC=C5)NC3c3ccccc3)cc2)C2C=CC=CC42)C=C1. The van der Waals surface area contributed by atoms with Crippen molar-refractivity contribution in [1.82, 2.24) is 5.32 Å². The van der Waals surface area contributed by atoms with E-state index in [1.807, 2.05) is 0 Å². The Morgan fingerprint density at radius 3 is 2.12 bits per heavy atom. The first-order valence-electron chi connectivity index (χ1n) is 21.1. The molecule has 280 valence electrons. The Hall–Kier alpha value is -6.42. The van der Waals surface area contributed by atoms with Gasteiger partial charge in [-0.05, 0) is 99.3 Å². The molecule has 6 aromatic carbocycles. The maximum absolute atomic E-state index is 3.90. The van der Waals surface area contributed by atoms with Gasteiger partial charge in [-0.2, -0.15) is 0 Å². The molecule has 2 aliphatic heterocycles. The number of allylic oxidation sites excluding steroid dienone is 8. The molecule has 0 radical (unpaired) electrons. The van der Waals surface area contributed by atoms with Crippen LogP contribution in [0.5, 0.6) is 0 Å². The smallest absolute Gasteiger partial charge is 0.109 e. The van der Waals surface area contributed by atoms with E-state index in [0.717, 1.165) is 19.3 Å². The lowest BCUT2D eigenvalue weighted by Crippen LogP contribution is -2.64. The van der Waals surface area contributed by atoms with Gasteiger partial charge in [0.2, 0.25) is 0 Å². The summed E-state index contributed by atoms with van der Waals surface area (Å²) in [5.41, 5.74) is 14.6. The van der Waals surface area contributed by atoms with E-state index >= 15 is 0 Å². The Morgan fingerprint density at radius 1 is 0.603 bits per heavy atom. The van der Waals surface area contributed by atoms with Gasteiger partial charge in [-0.1, -0.05) is 176 Å². The lowest BCUT2D eigenvalue weighted by atomic mass is 9.61. The highest BCUT2D eigenvalue weighted by Gasteiger charge is 2.54. The zero-order valence-corrected chi connectivity index (χ0v) is 32.5. The van der Waals surface area contributed by atoms with Gasteiger partial charge in [0, 0.05) is 22.7 Å². The number of nitrogens with one attached hydrogen (secondary N) is 1. The monoisotopic (exact) mass is 747 g/mol. The lowest BCUT2D eigenvalue weighted by Gasteiger charge is -2.52. The van der Waals surface area contributed by atoms with Gasteiger partial charge < -0.3 is 9.80 Å². The first-order chi connectivity index (χ1) is 28.8. The average Bonchev–Trinajstić information content (AvgIpc) is 3.80. The van der Waals surface area contributed by atoms with Crippen molar-refractivity contribution in [2.45, 2.75) is 49.0 Å². The van der Waals surface area contributed by atoms with E-state index in [1.54, 1.807) is 0 Å². The summed E-state index contributed by atoms with van der Waals surface area (Å²) >= 11 is 0. The molecule has 0 spiro atoms. The Bertz CT molecular complexity index is 2770. The third-order valence-corrected chi connectivity index (χ3v) is 13.7. The Kier molecular flexibility index (Phi) is 7.74. The van der Waals surface area contributed by atoms with Crippen LogP contribution in [0.3, 0.4) is 0 Å². The first kappa shape index (κ1) is 33.7. The molecule has 0 amide bonds. The highest BCUT2D eigenvalue weighted by atomic mass is 15.5. The Balaban J connectivity index is 1.06. The molecular formula is C55H45N3. The molecule has 6 aromatic rings. The van der Waals surface area contributed by atoms with Crippen molar-refractivity contribution in [2.24, 2.45) is 5.92 Å². The second-order valence-corrected chi connectivity index (χ2v) is 16.6. The van der Waals surface area contributed by atoms with E-state index in [4.69, 9.17) is 0 Å². The second-order valence-electron chi connectivity index (χ2n) is 16.6. The summed E-state index contributed by atoms with van der Waals surface area (Å²) in [6.45, 7) is 0. The quantitative estimate of drug-likeness (QED) is 0.183. The summed E-state index contributed by atoms with van der Waals surface area (Å²) in [5.74, 6) is 0.474. The molecule has 3 nitrogen and oxygen atoms in total. The van der Waals surface area contributed by atoms with Gasteiger partial charge in [-0.25, -0.2) is 0 Å². The molecule has 4 aliphatic carbocycles. The summed E-state index contributed by atoms with van der Waals surface area (Å²) in [4.78, 5) is 5.22. The number of benzene rings is 6. The van der Waals surface area contributed by atoms with Crippen molar-refractivity contribution in [2.75, 3.05) is 9.80 Å². The van der Waals surface area contributed by atoms with Gasteiger partial charge in [0.1, 0.15) is 12.3 Å². The third kappa shape index (κ3) is 4.77. The molecule has 58 heavy (non-hydrogen) atoms. The predicted octanol–water partition coefficient (Wildman–Crippen LogP) is 12.7. The van der Waals surface area contributed by atoms with Crippen LogP contribution in [0.4, 0.5) is 17.1 Å². The van der Waals surface area contributed by atoms with Gasteiger partial charge in [-0.3, -0.25) is 5.32 Å². The number of fused-ring (bicyclic) bond motifs is 10. The van der Waals surface area contributed by atoms with Crippen molar-refractivity contribution in [3.8, 4) is 11.1 Å². The van der Waals surface area contributed by atoms with Crippen LogP contribution in [-0.2, 0) is 5.41 Å². The van der Waals surface area contributed by atoms with Crippen LogP contribution in [0.1, 0.15) is 59.2 Å². The second kappa shape index (κ2) is 13.3. The van der Waals surface area contributed by atoms with Crippen LogP contribution in [0, 0.1) is 5.92 Å². The summed E-state index contributed by atoms with van der Waals surface area (Å²) in [6.07, 6.45) is 29.2. The van der Waals surface area contributed by atoms with E-state index in [9.17, 15) is 0 Å². The summed E-state index contributed by atoms with van der Waals surface area (Å²) in [6, 6.07) is 50.5. The molecule has 2 heterocycles. The van der Waals surface area contributed by atoms with E-state index in [0.29, 0.717) is 0 Å². The molecule has 6 unspecified atom stereocenters. The van der Waals surface area contributed by atoms with Gasteiger partial charge in [-0.15, -0.1) is 0 Å². The summed E-state index contributed by atoms with van der Waals surface area (Å²) < 4.78 is 0. The summed E-state index contributed by atoms with van der Waals surface area (Å²) in [7, 11) is 0. The molecule has 0 aromatic heterocycles. The maximum atomic E-state index is 3.90. The number of hydrogen-bond donors (Lipinski definition) is 1. The van der Waals surface area contributed by atoms with E-state index in [-0.39, 0.29) is 35.6 Å². The standard InChI is InChI=1S/C55H45N3/c1-5-19-37(20-6-1)53-56-54(38-21-7-2-8-22-38)58(53)42-35-33-41(34-36-42)57-48-32-18-16-30-46(48)50-49-45-29-15-17-31-47(45)55(39-23-9-3-10-24-39,40-25-11-4-12-26-40)51(49)43-27-13-14-28-44(43)52(50)57/h1,3-7,9-25,27-36,40,46,48,53-54,56H,2,8,26H2. The lowest BCUT2D eigenvalue weighted by molar-refractivity contribution is 0.308. The fraction of sp³-hybridized carbons (Fsp3) is 0.164. The maximum Gasteiger partial charge on any atom is 0.109 e. The van der Waals surface area contributed by atoms with Gasteiger partial charge in [0.25, 0.3) is 0 Å². The minimum absolute atomic E-state index is 0.113. The minimum Gasteiger partial charge on any atom is -0.333 e. The van der Waals surface area contributed by atoms with Crippen molar-refractivity contribution in [3.63, 3.8) is 0 Å². The molecule has 3 heteroatoms. The third-order valence-electron chi connectivity index (χ3n) is 13.7. The molecule has 6 aliphatic rings. The van der Waals surface area contributed by atoms with Crippen LogP contribution >= 0.6 is 0 Å². The van der Waals surface area contributed by atoms with Crippen LogP contribution in [-0.4, -0.2) is 12.2 Å². The van der Waals surface area contributed by atoms with Crippen molar-refractivity contribution in [3.05, 3.63) is 234 Å². The largest absolute Gasteiger partial charge is 0.333 e. The van der Waals surface area contributed by atoms with Crippen LogP contribution in [0.2, 0.25) is 0 Å². The molecular weight excluding hydrogens is 703 g/mol. The van der Waals surface area contributed by atoms with Crippen molar-refractivity contribution < 1.29 is 0 Å². The number of rotatable bonds is 6. The zero-order valence-electron chi connectivity index (χ0n) is 32.5. The summed E-state index contributed by atoms with van der Waals surface area (Å²) in [5, 5.41) is 6.57. The van der Waals surface area contributed by atoms with E-state index in [1.165, 1.54) is 72.4 Å². The Labute approximate surface area is 341 Å². The fourth-order valence-corrected chi connectivity index (χ4v) is 11.4. The first-order valence-corrected chi connectivity index (χ1v) is 21.1. The number of anilines is 3. The average molecular weight is 748 g/mol. The van der Waals surface area contributed by atoms with Crippen molar-refractivity contribution >= 4 is 27.8 Å². The molecule has 1 saturated heterocycles. The van der Waals surface area contributed by atoms with Gasteiger partial charge in [0.05, 0.1) is 17.1 Å². The van der Waals surface area contributed by atoms with Gasteiger partial charge >= 0.3 is 0 Å². The molecule has 1 N–H and O–H groups in total.